The van der Waals surface area contributed by atoms with Gasteiger partial charge in [0.05, 0.1) is 6.61 Å². The number of aryl methyl sites for hydroxylation is 2. The van der Waals surface area contributed by atoms with E-state index >= 15 is 0 Å². The fourth-order valence-electron chi connectivity index (χ4n) is 1.74. The molecule has 0 aliphatic carbocycles. The lowest BCUT2D eigenvalue weighted by molar-refractivity contribution is 0.0512. The maximum atomic E-state index is 13.3. The molecule has 0 fully saturated rings. The summed E-state index contributed by atoms with van der Waals surface area (Å²) in [5, 5.41) is 3.98. The van der Waals surface area contributed by atoms with Gasteiger partial charge >= 0.3 is 5.97 Å². The number of esters is 1. The molecule has 0 unspecified atom stereocenters. The summed E-state index contributed by atoms with van der Waals surface area (Å²) in [5.74, 6) is -0.539. The van der Waals surface area contributed by atoms with Crippen molar-refractivity contribution in [2.75, 3.05) is 6.61 Å². The average Bonchev–Trinajstić information content (AvgIpc) is 2.75. The molecule has 0 bridgehead atoms. The monoisotopic (exact) mass is 263 g/mol. The minimum Gasteiger partial charge on any atom is -0.460 e. The van der Waals surface area contributed by atoms with Gasteiger partial charge in [-0.05, 0) is 31.5 Å². The third kappa shape index (κ3) is 2.62. The van der Waals surface area contributed by atoms with Crippen LogP contribution in [0.2, 0.25) is 0 Å². The van der Waals surface area contributed by atoms with E-state index in [1.807, 2.05) is 6.92 Å². The largest absolute Gasteiger partial charge is 0.460 e. The van der Waals surface area contributed by atoms with Gasteiger partial charge in [0.2, 0.25) is 0 Å². The van der Waals surface area contributed by atoms with Gasteiger partial charge in [-0.1, -0.05) is 6.07 Å². The molecule has 0 aliphatic rings. The van der Waals surface area contributed by atoms with Crippen molar-refractivity contribution in [1.29, 1.82) is 0 Å². The number of ether oxygens (including phenoxy) is 1. The first-order valence-corrected chi connectivity index (χ1v) is 5.87. The number of rotatable bonds is 3. The predicted molar refractivity (Wildman–Crippen MR) is 67.1 cm³/mol. The minimum atomic E-state index is -0.585. The Morgan fingerprint density at radius 1 is 1.47 bits per heavy atom. The van der Waals surface area contributed by atoms with Crippen molar-refractivity contribution in [3.63, 3.8) is 0 Å². The summed E-state index contributed by atoms with van der Waals surface area (Å²) in [6.07, 6.45) is 0. The molecule has 1 aromatic heterocycles. The Labute approximate surface area is 110 Å². The lowest BCUT2D eigenvalue weighted by Gasteiger charge is -2.04. The number of benzene rings is 1. The summed E-state index contributed by atoms with van der Waals surface area (Å²) >= 11 is 0. The number of carbonyl (C=O) groups is 1. The second kappa shape index (κ2) is 5.17. The fourth-order valence-corrected chi connectivity index (χ4v) is 1.74. The molecule has 0 N–H and O–H groups in total. The standard InChI is InChI=1S/C13H14FN3O2/c1-4-19-13(18)11-15-12(17(3)16-11)10-7-9(14)6-5-8(10)2/h5-7H,4H2,1-3H3. The quantitative estimate of drug-likeness (QED) is 0.796. The Morgan fingerprint density at radius 3 is 2.89 bits per heavy atom. The molecular weight excluding hydrogens is 249 g/mol. The van der Waals surface area contributed by atoms with Crippen LogP contribution in [0.1, 0.15) is 23.1 Å². The molecule has 5 nitrogen and oxygen atoms in total. The van der Waals surface area contributed by atoms with E-state index in [9.17, 15) is 9.18 Å². The second-order valence-electron chi connectivity index (χ2n) is 4.06. The Kier molecular flexibility index (Phi) is 3.59. The van der Waals surface area contributed by atoms with Crippen LogP contribution in [0.5, 0.6) is 0 Å². The Morgan fingerprint density at radius 2 is 2.21 bits per heavy atom. The summed E-state index contributed by atoms with van der Waals surface area (Å²) in [5.41, 5.74) is 1.46. The zero-order chi connectivity index (χ0) is 14.0. The average molecular weight is 263 g/mol. The third-order valence-electron chi connectivity index (χ3n) is 2.66. The van der Waals surface area contributed by atoms with Crippen molar-refractivity contribution in [3.8, 4) is 11.4 Å². The van der Waals surface area contributed by atoms with Gasteiger partial charge in [0.15, 0.2) is 5.82 Å². The highest BCUT2D eigenvalue weighted by atomic mass is 19.1. The van der Waals surface area contributed by atoms with Crippen LogP contribution in [-0.4, -0.2) is 27.3 Å². The van der Waals surface area contributed by atoms with Crippen molar-refractivity contribution in [1.82, 2.24) is 14.8 Å². The third-order valence-corrected chi connectivity index (χ3v) is 2.66. The number of halogens is 1. The molecule has 1 aromatic carbocycles. The molecule has 6 heteroatoms. The van der Waals surface area contributed by atoms with Crippen molar-refractivity contribution >= 4 is 5.97 Å². The molecule has 19 heavy (non-hydrogen) atoms. The van der Waals surface area contributed by atoms with Crippen LogP contribution in [-0.2, 0) is 11.8 Å². The van der Waals surface area contributed by atoms with E-state index in [2.05, 4.69) is 10.1 Å². The van der Waals surface area contributed by atoms with E-state index < -0.39 is 5.97 Å². The van der Waals surface area contributed by atoms with Crippen molar-refractivity contribution in [2.24, 2.45) is 7.05 Å². The highest BCUT2D eigenvalue weighted by molar-refractivity contribution is 5.85. The predicted octanol–water partition coefficient (Wildman–Crippen LogP) is 2.11. The maximum Gasteiger partial charge on any atom is 0.378 e. The van der Waals surface area contributed by atoms with Gasteiger partial charge in [0, 0.05) is 12.6 Å². The first-order valence-electron chi connectivity index (χ1n) is 5.87. The van der Waals surface area contributed by atoms with Crippen molar-refractivity contribution in [2.45, 2.75) is 13.8 Å². The van der Waals surface area contributed by atoms with Gasteiger partial charge in [-0.15, -0.1) is 5.10 Å². The summed E-state index contributed by atoms with van der Waals surface area (Å²) < 4.78 is 19.6. The van der Waals surface area contributed by atoms with Crippen LogP contribution in [0, 0.1) is 12.7 Å². The zero-order valence-corrected chi connectivity index (χ0v) is 11.0. The van der Waals surface area contributed by atoms with Crippen LogP contribution in [0.25, 0.3) is 11.4 Å². The SMILES string of the molecule is CCOC(=O)c1nc(-c2cc(F)ccc2C)n(C)n1. The van der Waals surface area contributed by atoms with E-state index in [4.69, 9.17) is 4.74 Å². The van der Waals surface area contributed by atoms with E-state index in [0.717, 1.165) is 5.56 Å². The van der Waals surface area contributed by atoms with E-state index in [1.165, 1.54) is 16.8 Å². The molecule has 0 spiro atoms. The van der Waals surface area contributed by atoms with Crippen LogP contribution in [0.3, 0.4) is 0 Å². The summed E-state index contributed by atoms with van der Waals surface area (Å²) in [6.45, 7) is 3.80. The molecule has 0 atom stereocenters. The Bertz CT molecular complexity index is 622. The lowest BCUT2D eigenvalue weighted by atomic mass is 10.1. The molecule has 2 aromatic rings. The van der Waals surface area contributed by atoms with Crippen LogP contribution in [0.15, 0.2) is 18.2 Å². The smallest absolute Gasteiger partial charge is 0.378 e. The maximum absolute atomic E-state index is 13.3. The Hall–Kier alpha value is -2.24. The Balaban J connectivity index is 2.46. The van der Waals surface area contributed by atoms with Crippen molar-refractivity contribution in [3.05, 3.63) is 35.4 Å². The van der Waals surface area contributed by atoms with Crippen molar-refractivity contribution < 1.29 is 13.9 Å². The number of hydrogen-bond donors (Lipinski definition) is 0. The van der Waals surface area contributed by atoms with Crippen LogP contribution >= 0.6 is 0 Å². The topological polar surface area (TPSA) is 57.0 Å². The fraction of sp³-hybridized carbons (Fsp3) is 0.308. The lowest BCUT2D eigenvalue weighted by Crippen LogP contribution is -2.07. The number of carbonyl (C=O) groups excluding carboxylic acids is 1. The van der Waals surface area contributed by atoms with E-state index in [-0.39, 0.29) is 18.2 Å². The van der Waals surface area contributed by atoms with Gasteiger partial charge in [-0.2, -0.15) is 0 Å². The molecule has 1 heterocycles. The molecular formula is C13H14FN3O2. The van der Waals surface area contributed by atoms with Gasteiger partial charge in [-0.3, -0.25) is 0 Å². The second-order valence-corrected chi connectivity index (χ2v) is 4.06. The molecule has 2 rings (SSSR count). The molecule has 0 aliphatic heterocycles. The number of nitrogens with zero attached hydrogens (tertiary/aromatic N) is 3. The normalized spacial score (nSPS) is 10.5. The van der Waals surface area contributed by atoms with Gasteiger partial charge < -0.3 is 4.74 Å². The van der Waals surface area contributed by atoms with Gasteiger partial charge in [0.25, 0.3) is 5.82 Å². The molecule has 0 saturated heterocycles. The van der Waals surface area contributed by atoms with Gasteiger partial charge in [-0.25, -0.2) is 18.9 Å². The highest BCUT2D eigenvalue weighted by Crippen LogP contribution is 2.22. The van der Waals surface area contributed by atoms with Crippen LogP contribution in [0.4, 0.5) is 4.39 Å². The number of hydrogen-bond acceptors (Lipinski definition) is 4. The molecule has 0 saturated carbocycles. The zero-order valence-electron chi connectivity index (χ0n) is 11.0. The van der Waals surface area contributed by atoms with E-state index in [1.54, 1.807) is 20.0 Å². The molecule has 100 valence electrons. The first-order chi connectivity index (χ1) is 9.02. The molecule has 0 amide bonds. The number of aromatic nitrogens is 3. The summed E-state index contributed by atoms with van der Waals surface area (Å²) in [4.78, 5) is 15.7. The minimum absolute atomic E-state index is 0.0250. The highest BCUT2D eigenvalue weighted by Gasteiger charge is 2.18. The van der Waals surface area contributed by atoms with E-state index in [0.29, 0.717) is 11.4 Å². The first kappa shape index (κ1) is 13.2. The summed E-state index contributed by atoms with van der Waals surface area (Å²) in [7, 11) is 1.65. The summed E-state index contributed by atoms with van der Waals surface area (Å²) in [6, 6.07) is 4.40. The van der Waals surface area contributed by atoms with Crippen LogP contribution < -0.4 is 0 Å². The van der Waals surface area contributed by atoms with Gasteiger partial charge in [0.1, 0.15) is 5.82 Å². The molecule has 0 radical (unpaired) electrons.